The van der Waals surface area contributed by atoms with Crippen molar-refractivity contribution in [3.05, 3.63) is 95.4 Å². The molecule has 4 rings (SSSR count). The summed E-state index contributed by atoms with van der Waals surface area (Å²) in [4.78, 5) is 17.9. The van der Waals surface area contributed by atoms with Crippen molar-refractivity contribution < 1.29 is 27.4 Å². The Hall–Kier alpha value is -4.01. The number of aromatic nitrogens is 1. The van der Waals surface area contributed by atoms with Crippen molar-refractivity contribution in [3.8, 4) is 11.5 Å². The van der Waals surface area contributed by atoms with E-state index in [0.29, 0.717) is 29.0 Å². The molecule has 2 aromatic carbocycles. The number of nitrogens with zero attached hydrogens (tertiary/aromatic N) is 1. The second kappa shape index (κ2) is 9.69. The van der Waals surface area contributed by atoms with E-state index in [-0.39, 0.29) is 18.3 Å². The molecule has 0 fully saturated rings. The van der Waals surface area contributed by atoms with Crippen molar-refractivity contribution in [2.75, 3.05) is 13.7 Å². The third kappa shape index (κ3) is 5.24. The number of carbonyl (C=O) groups excluding carboxylic acids is 1. The maximum atomic E-state index is 13.4. The van der Waals surface area contributed by atoms with Crippen LogP contribution >= 0.6 is 0 Å². The molecule has 0 bridgehead atoms. The average Bonchev–Trinajstić information content (AvgIpc) is 2.84. The number of allylic oxidation sites excluding steroid dienone is 1. The molecule has 35 heavy (non-hydrogen) atoms. The van der Waals surface area contributed by atoms with Gasteiger partial charge in [0, 0.05) is 25.2 Å². The van der Waals surface area contributed by atoms with Gasteiger partial charge < -0.3 is 20.1 Å². The fourth-order valence-corrected chi connectivity index (χ4v) is 4.13. The number of fused-ring (bicyclic) bond motifs is 1. The molecule has 0 unspecified atom stereocenters. The van der Waals surface area contributed by atoms with Crippen LogP contribution in [-0.4, -0.2) is 30.9 Å². The van der Waals surface area contributed by atoms with Gasteiger partial charge in [-0.2, -0.15) is 0 Å². The van der Waals surface area contributed by atoms with Gasteiger partial charge in [0.25, 0.3) is 5.91 Å². The molecule has 1 aliphatic rings. The molecule has 0 radical (unpaired) electrons. The van der Waals surface area contributed by atoms with E-state index in [1.807, 2.05) is 32.3 Å². The summed E-state index contributed by atoms with van der Waals surface area (Å²) < 4.78 is 47.7. The standard InChI is InChI=1S/C26H24F3N3O3/c1-17(16-30-2)18-5-7-19(8-6-18)24(33)32-25(13-15-34-22-4-3-14-31-23(22)25)20-9-11-21(12-10-20)35-26(27,28)29/h3-12,14,16,30H,13,15H2,1-2H3,(H,32,33)/b17-16+/t25-/m0/s1. The number of hydrogen-bond donors (Lipinski definition) is 2. The molecule has 9 heteroatoms. The Morgan fingerprint density at radius 3 is 2.43 bits per heavy atom. The minimum atomic E-state index is -4.80. The van der Waals surface area contributed by atoms with Gasteiger partial charge in [-0.1, -0.05) is 24.3 Å². The second-order valence-electron chi connectivity index (χ2n) is 8.07. The highest BCUT2D eigenvalue weighted by atomic mass is 19.4. The van der Waals surface area contributed by atoms with Crippen LogP contribution in [0.4, 0.5) is 13.2 Å². The summed E-state index contributed by atoms with van der Waals surface area (Å²) >= 11 is 0. The summed E-state index contributed by atoms with van der Waals surface area (Å²) in [5, 5.41) is 6.07. The smallest absolute Gasteiger partial charge is 0.491 e. The molecule has 6 nitrogen and oxygen atoms in total. The zero-order valence-corrected chi connectivity index (χ0v) is 19.1. The van der Waals surface area contributed by atoms with Gasteiger partial charge in [-0.15, -0.1) is 13.2 Å². The van der Waals surface area contributed by atoms with Crippen LogP contribution in [0, 0.1) is 0 Å². The van der Waals surface area contributed by atoms with E-state index in [1.165, 1.54) is 24.3 Å². The fourth-order valence-electron chi connectivity index (χ4n) is 4.13. The summed E-state index contributed by atoms with van der Waals surface area (Å²) in [6.45, 7) is 2.24. The minimum Gasteiger partial charge on any atom is -0.491 e. The number of hydrogen-bond acceptors (Lipinski definition) is 5. The molecule has 1 aliphatic heterocycles. The molecular weight excluding hydrogens is 459 g/mol. The second-order valence-corrected chi connectivity index (χ2v) is 8.07. The van der Waals surface area contributed by atoms with E-state index < -0.39 is 11.9 Å². The number of ether oxygens (including phenoxy) is 2. The molecule has 2 heterocycles. The first-order valence-electron chi connectivity index (χ1n) is 10.9. The third-order valence-electron chi connectivity index (χ3n) is 5.78. The van der Waals surface area contributed by atoms with Crippen LogP contribution in [0.25, 0.3) is 5.57 Å². The van der Waals surface area contributed by atoms with Gasteiger partial charge >= 0.3 is 6.36 Å². The molecule has 1 amide bonds. The van der Waals surface area contributed by atoms with Crippen molar-refractivity contribution in [1.29, 1.82) is 0 Å². The van der Waals surface area contributed by atoms with E-state index in [9.17, 15) is 18.0 Å². The number of pyridine rings is 1. The Bertz CT molecular complexity index is 1230. The number of amides is 1. The highest BCUT2D eigenvalue weighted by Crippen LogP contribution is 2.41. The maximum absolute atomic E-state index is 13.4. The van der Waals surface area contributed by atoms with Gasteiger partial charge in [0.15, 0.2) is 0 Å². The third-order valence-corrected chi connectivity index (χ3v) is 5.78. The molecule has 182 valence electrons. The Balaban J connectivity index is 1.70. The van der Waals surface area contributed by atoms with Crippen molar-refractivity contribution in [3.63, 3.8) is 0 Å². The van der Waals surface area contributed by atoms with E-state index in [0.717, 1.165) is 11.1 Å². The zero-order valence-electron chi connectivity index (χ0n) is 19.1. The highest BCUT2D eigenvalue weighted by Gasteiger charge is 2.42. The lowest BCUT2D eigenvalue weighted by molar-refractivity contribution is -0.274. The molecule has 3 aromatic rings. The Kier molecular flexibility index (Phi) is 6.68. The van der Waals surface area contributed by atoms with Crippen molar-refractivity contribution in [1.82, 2.24) is 15.6 Å². The number of nitrogens with one attached hydrogen (secondary N) is 2. The van der Waals surface area contributed by atoms with Crippen LogP contribution in [0.2, 0.25) is 0 Å². The average molecular weight is 483 g/mol. The van der Waals surface area contributed by atoms with Crippen molar-refractivity contribution >= 4 is 11.5 Å². The SMILES string of the molecule is CN/C=C(\C)c1ccc(C(=O)N[C@]2(c3ccc(OC(F)(F)F)cc3)CCOc3cccnc32)cc1. The molecule has 0 saturated heterocycles. The molecule has 1 aromatic heterocycles. The van der Waals surface area contributed by atoms with Crippen LogP contribution in [0.5, 0.6) is 11.5 Å². The molecular formula is C26H24F3N3O3. The fraction of sp³-hybridized carbons (Fsp3) is 0.231. The van der Waals surface area contributed by atoms with Crippen LogP contribution in [-0.2, 0) is 5.54 Å². The largest absolute Gasteiger partial charge is 0.573 e. The predicted molar refractivity (Wildman–Crippen MR) is 125 cm³/mol. The summed E-state index contributed by atoms with van der Waals surface area (Å²) in [6.07, 6.45) is -1.01. The van der Waals surface area contributed by atoms with Crippen molar-refractivity contribution in [2.45, 2.75) is 25.2 Å². The lowest BCUT2D eigenvalue weighted by Crippen LogP contribution is -2.50. The lowest BCUT2D eigenvalue weighted by atomic mass is 9.81. The van der Waals surface area contributed by atoms with E-state index in [4.69, 9.17) is 4.74 Å². The van der Waals surface area contributed by atoms with Crippen LogP contribution < -0.4 is 20.1 Å². The first-order valence-corrected chi connectivity index (χ1v) is 10.9. The van der Waals surface area contributed by atoms with Gasteiger partial charge in [0.1, 0.15) is 22.7 Å². The highest BCUT2D eigenvalue weighted by molar-refractivity contribution is 5.95. The van der Waals surface area contributed by atoms with Gasteiger partial charge in [0.2, 0.25) is 0 Å². The van der Waals surface area contributed by atoms with Crippen LogP contribution in [0.3, 0.4) is 0 Å². The van der Waals surface area contributed by atoms with E-state index in [1.54, 1.807) is 30.5 Å². The van der Waals surface area contributed by atoms with E-state index >= 15 is 0 Å². The monoisotopic (exact) mass is 483 g/mol. The number of carbonyl (C=O) groups is 1. The van der Waals surface area contributed by atoms with E-state index in [2.05, 4.69) is 20.4 Å². The van der Waals surface area contributed by atoms with Gasteiger partial charge in [-0.05, 0) is 66.2 Å². The Morgan fingerprint density at radius 1 is 1.09 bits per heavy atom. The Labute approximate surface area is 200 Å². The lowest BCUT2D eigenvalue weighted by Gasteiger charge is -2.39. The topological polar surface area (TPSA) is 72.5 Å². The number of halogens is 3. The Morgan fingerprint density at radius 2 is 1.77 bits per heavy atom. The molecule has 0 aliphatic carbocycles. The van der Waals surface area contributed by atoms with Gasteiger partial charge in [0.05, 0.1) is 6.61 Å². The summed E-state index contributed by atoms with van der Waals surface area (Å²) in [5.41, 5.74) is 2.35. The van der Waals surface area contributed by atoms with Gasteiger partial charge in [-0.3, -0.25) is 9.78 Å². The number of benzene rings is 2. The quantitative estimate of drug-likeness (QED) is 0.515. The first kappa shape index (κ1) is 24.1. The van der Waals surface area contributed by atoms with Gasteiger partial charge in [-0.25, -0.2) is 0 Å². The normalized spacial score (nSPS) is 17.7. The molecule has 0 saturated carbocycles. The van der Waals surface area contributed by atoms with Crippen LogP contribution in [0.15, 0.2) is 73.1 Å². The zero-order chi connectivity index (χ0) is 25.1. The van der Waals surface area contributed by atoms with Crippen molar-refractivity contribution in [2.24, 2.45) is 0 Å². The molecule has 2 N–H and O–H groups in total. The number of rotatable bonds is 6. The first-order chi connectivity index (χ1) is 16.7. The number of alkyl halides is 3. The predicted octanol–water partition coefficient (Wildman–Crippen LogP) is 5.02. The minimum absolute atomic E-state index is 0.284. The van der Waals surface area contributed by atoms with Crippen LogP contribution in [0.1, 0.15) is 40.5 Å². The summed E-state index contributed by atoms with van der Waals surface area (Å²) in [5.74, 6) is -0.199. The summed E-state index contributed by atoms with van der Waals surface area (Å²) in [6, 6.07) is 16.1. The summed E-state index contributed by atoms with van der Waals surface area (Å²) in [7, 11) is 1.81. The molecule has 1 atom stereocenters. The molecule has 0 spiro atoms. The maximum Gasteiger partial charge on any atom is 0.573 e.